The van der Waals surface area contributed by atoms with Crippen LogP contribution in [0.2, 0.25) is 0 Å². The second-order valence-corrected chi connectivity index (χ2v) is 5.76. The standard InChI is InChI=1S/C9H19NO4S.Na/c1-7(15(12)13)6-10(5)8(11)14-9(2,3)4;/h7H,6H2,1-5H3,(H,12,13);/q;+1/p-1. The molecule has 0 aromatic carbocycles. The van der Waals surface area contributed by atoms with Crippen LogP contribution in [0.1, 0.15) is 27.7 Å². The van der Waals surface area contributed by atoms with Gasteiger partial charge in [-0.3, -0.25) is 4.21 Å². The Morgan fingerprint density at radius 3 is 2.25 bits per heavy atom. The van der Waals surface area contributed by atoms with Crippen LogP contribution in [0, 0.1) is 0 Å². The molecule has 0 saturated heterocycles. The molecule has 2 unspecified atom stereocenters. The van der Waals surface area contributed by atoms with Crippen LogP contribution < -0.4 is 29.6 Å². The number of nitrogens with zero attached hydrogens (tertiary/aromatic N) is 1. The van der Waals surface area contributed by atoms with Gasteiger partial charge in [-0.25, -0.2) is 4.79 Å². The summed E-state index contributed by atoms with van der Waals surface area (Å²) in [4.78, 5) is 12.7. The average molecular weight is 259 g/mol. The summed E-state index contributed by atoms with van der Waals surface area (Å²) in [7, 11) is 1.51. The molecule has 7 heteroatoms. The smallest absolute Gasteiger partial charge is 0.772 e. The SMILES string of the molecule is CC(CN(C)C(=O)OC(C)(C)C)S(=O)[O-].[Na+]. The van der Waals surface area contributed by atoms with Crippen molar-refractivity contribution in [1.82, 2.24) is 4.90 Å². The third-order valence-electron chi connectivity index (χ3n) is 1.56. The van der Waals surface area contributed by atoms with Crippen LogP contribution in [0.4, 0.5) is 4.79 Å². The third kappa shape index (κ3) is 8.52. The second kappa shape index (κ2) is 7.66. The first-order valence-electron chi connectivity index (χ1n) is 4.65. The van der Waals surface area contributed by atoms with Gasteiger partial charge in [-0.15, -0.1) is 0 Å². The Hall–Kier alpha value is 0.380. The summed E-state index contributed by atoms with van der Waals surface area (Å²) in [5, 5.41) is -0.595. The van der Waals surface area contributed by atoms with E-state index in [1.165, 1.54) is 18.9 Å². The summed E-state index contributed by atoms with van der Waals surface area (Å²) in [6, 6.07) is 0. The number of rotatable bonds is 3. The van der Waals surface area contributed by atoms with Crippen LogP contribution in [-0.4, -0.2) is 44.2 Å². The zero-order chi connectivity index (χ0) is 12.2. The van der Waals surface area contributed by atoms with Gasteiger partial charge in [-0.1, -0.05) is 18.0 Å². The van der Waals surface area contributed by atoms with Gasteiger partial charge in [-0.2, -0.15) is 0 Å². The van der Waals surface area contributed by atoms with Gasteiger partial charge in [0.05, 0.1) is 0 Å². The molecule has 0 bridgehead atoms. The molecular weight excluding hydrogens is 241 g/mol. The Morgan fingerprint density at radius 2 is 1.94 bits per heavy atom. The van der Waals surface area contributed by atoms with Crippen molar-refractivity contribution in [2.75, 3.05) is 13.6 Å². The molecule has 0 radical (unpaired) electrons. The van der Waals surface area contributed by atoms with Gasteiger partial charge in [0.15, 0.2) is 0 Å². The molecule has 0 fully saturated rings. The maximum absolute atomic E-state index is 11.4. The molecular formula is C9H18NNaO4S. The van der Waals surface area contributed by atoms with E-state index in [0.717, 1.165) is 0 Å². The van der Waals surface area contributed by atoms with Gasteiger partial charge in [0, 0.05) is 18.8 Å². The van der Waals surface area contributed by atoms with Gasteiger partial charge < -0.3 is 14.2 Å². The van der Waals surface area contributed by atoms with Crippen molar-refractivity contribution in [3.8, 4) is 0 Å². The van der Waals surface area contributed by atoms with Crippen LogP contribution in [0.15, 0.2) is 0 Å². The second-order valence-electron chi connectivity index (χ2n) is 4.43. The first kappa shape index (κ1) is 18.7. The van der Waals surface area contributed by atoms with Crippen molar-refractivity contribution >= 4 is 17.2 Å². The Labute approximate surface area is 121 Å². The fourth-order valence-corrected chi connectivity index (χ4v) is 1.21. The first-order chi connectivity index (χ1) is 6.63. The van der Waals surface area contributed by atoms with Crippen molar-refractivity contribution in [2.24, 2.45) is 0 Å². The Morgan fingerprint density at radius 1 is 1.50 bits per heavy atom. The van der Waals surface area contributed by atoms with Gasteiger partial charge in [0.25, 0.3) is 0 Å². The minimum Gasteiger partial charge on any atom is -0.772 e. The van der Waals surface area contributed by atoms with E-state index >= 15 is 0 Å². The van der Waals surface area contributed by atoms with E-state index in [1.807, 2.05) is 0 Å². The molecule has 0 aromatic heterocycles. The predicted molar refractivity (Wildman–Crippen MR) is 57.2 cm³/mol. The molecule has 5 nitrogen and oxygen atoms in total. The summed E-state index contributed by atoms with van der Waals surface area (Å²) in [5.74, 6) is 0. The van der Waals surface area contributed by atoms with E-state index < -0.39 is 28.0 Å². The van der Waals surface area contributed by atoms with E-state index in [-0.39, 0.29) is 36.1 Å². The van der Waals surface area contributed by atoms with E-state index in [4.69, 9.17) is 4.74 Å². The van der Waals surface area contributed by atoms with Crippen molar-refractivity contribution < 1.29 is 47.9 Å². The molecule has 90 valence electrons. The summed E-state index contributed by atoms with van der Waals surface area (Å²) in [6.07, 6.45) is -0.514. The number of amides is 1. The van der Waals surface area contributed by atoms with Gasteiger partial charge in [-0.05, 0) is 20.8 Å². The van der Waals surface area contributed by atoms with Crippen LogP contribution >= 0.6 is 0 Å². The monoisotopic (exact) mass is 259 g/mol. The summed E-state index contributed by atoms with van der Waals surface area (Å²) in [6.45, 7) is 6.94. The van der Waals surface area contributed by atoms with Crippen LogP contribution in [0.25, 0.3) is 0 Å². The fourth-order valence-electron chi connectivity index (χ4n) is 0.861. The van der Waals surface area contributed by atoms with Crippen molar-refractivity contribution in [2.45, 2.75) is 38.5 Å². The van der Waals surface area contributed by atoms with Gasteiger partial charge >= 0.3 is 35.7 Å². The molecule has 0 aromatic rings. The first-order valence-corrected chi connectivity index (χ1v) is 5.79. The van der Waals surface area contributed by atoms with Crippen molar-refractivity contribution in [3.63, 3.8) is 0 Å². The average Bonchev–Trinajstić information content (AvgIpc) is 2.00. The molecule has 1 amide bonds. The topological polar surface area (TPSA) is 69.7 Å². The molecule has 16 heavy (non-hydrogen) atoms. The quantitative estimate of drug-likeness (QED) is 0.439. The van der Waals surface area contributed by atoms with E-state index in [1.54, 1.807) is 20.8 Å². The molecule has 0 rings (SSSR count). The van der Waals surface area contributed by atoms with Crippen molar-refractivity contribution in [1.29, 1.82) is 0 Å². The minimum atomic E-state index is -2.17. The minimum absolute atomic E-state index is 0. The predicted octanol–water partition coefficient (Wildman–Crippen LogP) is -1.88. The third-order valence-corrected chi connectivity index (χ3v) is 2.37. The number of carbonyl (C=O) groups excluding carboxylic acids is 1. The molecule has 0 saturated carbocycles. The van der Waals surface area contributed by atoms with Crippen LogP contribution in [0.5, 0.6) is 0 Å². The van der Waals surface area contributed by atoms with Crippen molar-refractivity contribution in [3.05, 3.63) is 0 Å². The van der Waals surface area contributed by atoms with E-state index in [0.29, 0.717) is 0 Å². The van der Waals surface area contributed by atoms with Gasteiger partial charge in [0.2, 0.25) is 0 Å². The number of carbonyl (C=O) groups is 1. The molecule has 0 aliphatic rings. The largest absolute Gasteiger partial charge is 1.00 e. The Bertz CT molecular complexity index is 254. The number of ether oxygens (including phenoxy) is 1. The zero-order valence-electron chi connectivity index (χ0n) is 10.8. The van der Waals surface area contributed by atoms with Crippen LogP contribution in [0.3, 0.4) is 0 Å². The Balaban J connectivity index is 0. The number of hydrogen-bond acceptors (Lipinski definition) is 4. The maximum Gasteiger partial charge on any atom is 1.00 e. The normalized spacial score (nSPS) is 14.6. The maximum atomic E-state index is 11.4. The van der Waals surface area contributed by atoms with E-state index in [2.05, 4.69) is 0 Å². The van der Waals surface area contributed by atoms with Crippen LogP contribution in [-0.2, 0) is 15.8 Å². The molecule has 0 spiro atoms. The number of hydrogen-bond donors (Lipinski definition) is 0. The summed E-state index contributed by atoms with van der Waals surface area (Å²) >= 11 is -2.17. The molecule has 2 atom stereocenters. The summed E-state index contributed by atoms with van der Waals surface area (Å²) in [5.41, 5.74) is -0.564. The van der Waals surface area contributed by atoms with Gasteiger partial charge in [0.1, 0.15) is 5.60 Å². The Kier molecular flexibility index (Phi) is 8.97. The molecule has 0 aliphatic carbocycles. The molecule has 0 heterocycles. The molecule has 0 N–H and O–H groups in total. The van der Waals surface area contributed by atoms with E-state index in [9.17, 15) is 13.6 Å². The summed E-state index contributed by atoms with van der Waals surface area (Å²) < 4.78 is 26.2. The fraction of sp³-hybridized carbons (Fsp3) is 0.889. The molecule has 0 aliphatic heterocycles. The zero-order valence-corrected chi connectivity index (χ0v) is 13.6.